The number of benzene rings is 2. The molecule has 180 valence electrons. The molecule has 1 fully saturated rings. The van der Waals surface area contributed by atoms with Gasteiger partial charge in [-0.1, -0.05) is 11.2 Å². The summed E-state index contributed by atoms with van der Waals surface area (Å²) < 4.78 is 44.2. The van der Waals surface area contributed by atoms with Crippen LogP contribution in [0.25, 0.3) is 17.1 Å². The van der Waals surface area contributed by atoms with Crippen LogP contribution in [-0.2, 0) is 0 Å². The minimum Gasteiger partial charge on any atom is -0.494 e. The lowest BCUT2D eigenvalue weighted by molar-refractivity contribution is 0.0727. The number of likely N-dealkylation sites (tertiary alicyclic amines) is 1. The molecule has 0 saturated carbocycles. The molecule has 2 aromatic heterocycles. The van der Waals surface area contributed by atoms with Crippen molar-refractivity contribution in [1.29, 1.82) is 0 Å². The van der Waals surface area contributed by atoms with Crippen molar-refractivity contribution in [3.05, 3.63) is 65.7 Å². The highest BCUT2D eigenvalue weighted by molar-refractivity contribution is 5.98. The Bertz CT molecular complexity index is 1370. The maximum Gasteiger partial charge on any atom is 0.261 e. The number of hydrogen-bond donors (Lipinski definition) is 0. The summed E-state index contributed by atoms with van der Waals surface area (Å²) in [7, 11) is 2.66. The van der Waals surface area contributed by atoms with E-state index in [0.29, 0.717) is 24.9 Å². The van der Waals surface area contributed by atoms with Gasteiger partial charge in [-0.3, -0.25) is 4.79 Å². The Hall–Kier alpha value is -4.35. The maximum absolute atomic E-state index is 14.5. The number of rotatable bonds is 6. The van der Waals surface area contributed by atoms with Crippen molar-refractivity contribution in [2.75, 3.05) is 20.8 Å². The Morgan fingerprint density at radius 1 is 1.11 bits per heavy atom. The lowest BCUT2D eigenvalue weighted by Crippen LogP contribution is -2.32. The largest absolute Gasteiger partial charge is 0.494 e. The topological polar surface area (TPSA) is 108 Å². The molecule has 1 aliphatic rings. The summed E-state index contributed by atoms with van der Waals surface area (Å²) in [5.74, 6) is -1.37. The molecule has 1 aliphatic heterocycles. The van der Waals surface area contributed by atoms with Crippen molar-refractivity contribution in [3.8, 4) is 28.6 Å². The average molecular weight is 482 g/mol. The van der Waals surface area contributed by atoms with Gasteiger partial charge in [-0.25, -0.2) is 8.78 Å². The molecule has 5 rings (SSSR count). The molecule has 1 amide bonds. The number of carbonyl (C=O) groups is 1. The predicted octanol–water partition coefficient (Wildman–Crippen LogP) is 3.59. The van der Waals surface area contributed by atoms with Gasteiger partial charge in [0, 0.05) is 12.6 Å². The zero-order chi connectivity index (χ0) is 24.5. The second-order valence-corrected chi connectivity index (χ2v) is 7.76. The molecule has 0 spiro atoms. The van der Waals surface area contributed by atoms with Crippen molar-refractivity contribution in [3.63, 3.8) is 0 Å². The van der Waals surface area contributed by atoms with Crippen LogP contribution in [0.2, 0.25) is 0 Å². The fourth-order valence-electron chi connectivity index (χ4n) is 4.17. The Morgan fingerprint density at radius 2 is 1.91 bits per heavy atom. The molecule has 1 atom stereocenters. The minimum atomic E-state index is -0.652. The lowest BCUT2D eigenvalue weighted by atomic mass is 10.1. The number of hydrogen-bond acceptors (Lipinski definition) is 8. The van der Waals surface area contributed by atoms with Gasteiger partial charge in [0.1, 0.15) is 5.69 Å². The van der Waals surface area contributed by atoms with Gasteiger partial charge in [-0.15, -0.1) is 0 Å². The summed E-state index contributed by atoms with van der Waals surface area (Å²) in [5, 5.41) is 12.1. The predicted molar refractivity (Wildman–Crippen MR) is 117 cm³/mol. The number of nitrogens with zero attached hydrogens (tertiary/aromatic N) is 6. The van der Waals surface area contributed by atoms with Gasteiger partial charge in [0.15, 0.2) is 29.0 Å². The van der Waals surface area contributed by atoms with Crippen LogP contribution in [0.4, 0.5) is 8.78 Å². The number of amides is 1. The molecular weight excluding hydrogens is 462 g/mol. The molecule has 0 aliphatic carbocycles. The molecular formula is C23H20F2N6O4. The molecule has 4 aromatic rings. The standard InChI is InChI=1S/C23H20F2N6O4/c1-33-19-11-14(18(12-16(19)25)31-26-8-9-27-31)23(32)30-10-4-7-17(30)21-28-22(35-29-21)13-5-3-6-15(24)20(13)34-2/h3,5-6,8-9,11-12,17H,4,7,10H2,1-2H3. The third kappa shape index (κ3) is 3.96. The van der Waals surface area contributed by atoms with E-state index in [2.05, 4.69) is 20.3 Å². The zero-order valence-corrected chi connectivity index (χ0v) is 18.8. The van der Waals surface area contributed by atoms with Gasteiger partial charge in [0.2, 0.25) is 0 Å². The third-order valence-corrected chi connectivity index (χ3v) is 5.79. The van der Waals surface area contributed by atoms with Crippen LogP contribution in [0.3, 0.4) is 0 Å². The van der Waals surface area contributed by atoms with Gasteiger partial charge in [-0.2, -0.15) is 20.0 Å². The first-order chi connectivity index (χ1) is 17.0. The number of para-hydroxylation sites is 1. The van der Waals surface area contributed by atoms with Crippen LogP contribution >= 0.6 is 0 Å². The van der Waals surface area contributed by atoms with Crippen LogP contribution in [0.1, 0.15) is 35.1 Å². The summed E-state index contributed by atoms with van der Waals surface area (Å²) in [5.41, 5.74) is 0.626. The Balaban J connectivity index is 1.50. The van der Waals surface area contributed by atoms with E-state index in [0.717, 1.165) is 6.07 Å². The van der Waals surface area contributed by atoms with E-state index >= 15 is 0 Å². The number of methoxy groups -OCH3 is 2. The summed E-state index contributed by atoms with van der Waals surface area (Å²) in [4.78, 5) is 20.8. The van der Waals surface area contributed by atoms with Crippen molar-refractivity contribution in [2.45, 2.75) is 18.9 Å². The minimum absolute atomic E-state index is 0.0168. The normalized spacial score (nSPS) is 15.4. The van der Waals surface area contributed by atoms with E-state index in [-0.39, 0.29) is 34.5 Å². The van der Waals surface area contributed by atoms with E-state index in [1.165, 1.54) is 49.6 Å². The molecule has 3 heterocycles. The maximum atomic E-state index is 14.5. The number of carbonyl (C=O) groups excluding carboxylic acids is 1. The molecule has 0 N–H and O–H groups in total. The summed E-state index contributed by atoms with van der Waals surface area (Å²) >= 11 is 0. The molecule has 1 saturated heterocycles. The van der Waals surface area contributed by atoms with Crippen molar-refractivity contribution < 1.29 is 27.6 Å². The quantitative estimate of drug-likeness (QED) is 0.410. The summed E-state index contributed by atoms with van der Waals surface area (Å²) in [6, 6.07) is 6.35. The molecule has 35 heavy (non-hydrogen) atoms. The van der Waals surface area contributed by atoms with E-state index in [1.807, 2.05) is 0 Å². The summed E-state index contributed by atoms with van der Waals surface area (Å²) in [6.07, 6.45) is 4.13. The SMILES string of the molecule is COc1cc(C(=O)N2CCCC2c2noc(-c3cccc(F)c3OC)n2)c(-n2nccn2)cc1F. The molecule has 0 radical (unpaired) electrons. The molecule has 2 aromatic carbocycles. The van der Waals surface area contributed by atoms with Crippen molar-refractivity contribution in [1.82, 2.24) is 30.0 Å². The molecule has 10 nitrogen and oxygen atoms in total. The third-order valence-electron chi connectivity index (χ3n) is 5.79. The molecule has 0 bridgehead atoms. The van der Waals surface area contributed by atoms with E-state index in [1.54, 1.807) is 11.0 Å². The fourth-order valence-corrected chi connectivity index (χ4v) is 4.17. The fraction of sp³-hybridized carbons (Fsp3) is 0.261. The first kappa shape index (κ1) is 22.4. The Kier molecular flexibility index (Phi) is 5.85. The van der Waals surface area contributed by atoms with Crippen molar-refractivity contribution in [2.24, 2.45) is 0 Å². The molecule has 12 heteroatoms. The Morgan fingerprint density at radius 3 is 2.66 bits per heavy atom. The monoisotopic (exact) mass is 482 g/mol. The van der Waals surface area contributed by atoms with Gasteiger partial charge < -0.3 is 18.9 Å². The van der Waals surface area contributed by atoms with E-state index in [4.69, 9.17) is 14.0 Å². The van der Waals surface area contributed by atoms with E-state index < -0.39 is 23.6 Å². The van der Waals surface area contributed by atoms with Crippen LogP contribution < -0.4 is 9.47 Å². The van der Waals surface area contributed by atoms with E-state index in [9.17, 15) is 13.6 Å². The van der Waals surface area contributed by atoms with Crippen LogP contribution in [-0.4, -0.2) is 56.7 Å². The van der Waals surface area contributed by atoms with Crippen molar-refractivity contribution >= 4 is 5.91 Å². The van der Waals surface area contributed by atoms with Gasteiger partial charge in [-0.05, 0) is 31.0 Å². The van der Waals surface area contributed by atoms with Crippen LogP contribution in [0.5, 0.6) is 11.5 Å². The van der Waals surface area contributed by atoms with Crippen LogP contribution in [0.15, 0.2) is 47.2 Å². The van der Waals surface area contributed by atoms with Gasteiger partial charge in [0.25, 0.3) is 11.8 Å². The zero-order valence-electron chi connectivity index (χ0n) is 18.8. The lowest BCUT2D eigenvalue weighted by Gasteiger charge is -2.23. The average Bonchev–Trinajstić information content (AvgIpc) is 3.64. The first-order valence-electron chi connectivity index (χ1n) is 10.7. The Labute approximate surface area is 198 Å². The summed E-state index contributed by atoms with van der Waals surface area (Å²) in [6.45, 7) is 0.419. The number of halogens is 2. The second kappa shape index (κ2) is 9.12. The smallest absolute Gasteiger partial charge is 0.261 e. The first-order valence-corrected chi connectivity index (χ1v) is 10.7. The van der Waals surface area contributed by atoms with Gasteiger partial charge >= 0.3 is 0 Å². The second-order valence-electron chi connectivity index (χ2n) is 7.76. The van der Waals surface area contributed by atoms with Gasteiger partial charge in [0.05, 0.1) is 43.8 Å². The number of aromatic nitrogens is 5. The van der Waals surface area contributed by atoms with Crippen LogP contribution in [0, 0.1) is 11.6 Å². The number of ether oxygens (including phenoxy) is 2. The highest BCUT2D eigenvalue weighted by Gasteiger charge is 2.36. The highest BCUT2D eigenvalue weighted by atomic mass is 19.1. The molecule has 1 unspecified atom stereocenters. The highest BCUT2D eigenvalue weighted by Crippen LogP contribution is 2.36.